The molecule has 6 heteroatoms. The normalized spacial score (nSPS) is 10.1. The van der Waals surface area contributed by atoms with Crippen LogP contribution in [0.4, 0.5) is 5.69 Å². The van der Waals surface area contributed by atoms with Crippen LogP contribution in [0.3, 0.4) is 0 Å². The predicted molar refractivity (Wildman–Crippen MR) is 97.5 cm³/mol. The summed E-state index contributed by atoms with van der Waals surface area (Å²) in [4.78, 5) is 36.6. The third-order valence-electron chi connectivity index (χ3n) is 3.60. The fraction of sp³-hybridized carbons (Fsp3) is 0.250. The van der Waals surface area contributed by atoms with Crippen molar-refractivity contribution in [2.45, 2.75) is 20.8 Å². The molecule has 0 heterocycles. The van der Waals surface area contributed by atoms with Crippen molar-refractivity contribution >= 4 is 23.5 Å². The number of carbonyl (C=O) groups excluding carboxylic acids is 3. The molecule has 0 aliphatic rings. The molecule has 26 heavy (non-hydrogen) atoms. The highest BCUT2D eigenvalue weighted by Crippen LogP contribution is 2.19. The van der Waals surface area contributed by atoms with Crippen molar-refractivity contribution in [2.24, 2.45) is 0 Å². The average molecular weight is 355 g/mol. The number of rotatable bonds is 6. The van der Waals surface area contributed by atoms with Gasteiger partial charge in [-0.3, -0.25) is 4.79 Å². The fourth-order valence-corrected chi connectivity index (χ4v) is 2.39. The zero-order valence-electron chi connectivity index (χ0n) is 15.0. The fourth-order valence-electron chi connectivity index (χ4n) is 2.39. The predicted octanol–water partition coefficient (Wildman–Crippen LogP) is 3.60. The minimum Gasteiger partial charge on any atom is -0.462 e. The Bertz CT molecular complexity index is 792. The van der Waals surface area contributed by atoms with Crippen LogP contribution in [0.5, 0.6) is 0 Å². The van der Waals surface area contributed by atoms with Crippen molar-refractivity contribution in [3.63, 3.8) is 0 Å². The summed E-state index contributed by atoms with van der Waals surface area (Å²) in [6.45, 7) is 5.61. The van der Waals surface area contributed by atoms with E-state index in [1.165, 1.54) is 18.2 Å². The SMILES string of the molecule is CCOC(=O)c1cc(NC(=O)c2ccccc2C)cc(C(=O)OCC)c1. The van der Waals surface area contributed by atoms with Crippen LogP contribution < -0.4 is 5.32 Å². The van der Waals surface area contributed by atoms with Crippen molar-refractivity contribution in [1.29, 1.82) is 0 Å². The summed E-state index contributed by atoms with van der Waals surface area (Å²) in [5, 5.41) is 2.72. The molecule has 0 bridgehead atoms. The lowest BCUT2D eigenvalue weighted by atomic mass is 10.1. The van der Waals surface area contributed by atoms with E-state index in [1.807, 2.05) is 19.1 Å². The molecule has 0 saturated heterocycles. The quantitative estimate of drug-likeness (QED) is 0.801. The molecule has 0 atom stereocenters. The summed E-state index contributed by atoms with van der Waals surface area (Å²) in [7, 11) is 0. The van der Waals surface area contributed by atoms with Crippen LogP contribution >= 0.6 is 0 Å². The van der Waals surface area contributed by atoms with E-state index in [-0.39, 0.29) is 30.2 Å². The number of amides is 1. The van der Waals surface area contributed by atoms with Gasteiger partial charge < -0.3 is 14.8 Å². The highest BCUT2D eigenvalue weighted by Gasteiger charge is 2.16. The Balaban J connectivity index is 2.37. The van der Waals surface area contributed by atoms with E-state index >= 15 is 0 Å². The molecule has 136 valence electrons. The number of esters is 2. The van der Waals surface area contributed by atoms with Gasteiger partial charge in [-0.1, -0.05) is 18.2 Å². The molecule has 0 aromatic heterocycles. The monoisotopic (exact) mass is 355 g/mol. The van der Waals surface area contributed by atoms with Crippen LogP contribution in [0.15, 0.2) is 42.5 Å². The maximum Gasteiger partial charge on any atom is 0.338 e. The van der Waals surface area contributed by atoms with Gasteiger partial charge >= 0.3 is 11.9 Å². The number of carbonyl (C=O) groups is 3. The van der Waals surface area contributed by atoms with Crippen LogP contribution in [-0.4, -0.2) is 31.1 Å². The molecule has 0 aliphatic carbocycles. The van der Waals surface area contributed by atoms with Crippen molar-refractivity contribution in [2.75, 3.05) is 18.5 Å². The van der Waals surface area contributed by atoms with Crippen LogP contribution in [-0.2, 0) is 9.47 Å². The Hall–Kier alpha value is -3.15. The Morgan fingerprint density at radius 3 is 1.92 bits per heavy atom. The van der Waals surface area contributed by atoms with E-state index < -0.39 is 11.9 Å². The van der Waals surface area contributed by atoms with E-state index in [0.717, 1.165) is 5.56 Å². The van der Waals surface area contributed by atoms with Gasteiger partial charge in [0.2, 0.25) is 0 Å². The largest absolute Gasteiger partial charge is 0.462 e. The molecule has 1 N–H and O–H groups in total. The van der Waals surface area contributed by atoms with Gasteiger partial charge in [0.1, 0.15) is 0 Å². The molecule has 6 nitrogen and oxygen atoms in total. The van der Waals surface area contributed by atoms with Gasteiger partial charge in [-0.15, -0.1) is 0 Å². The first-order valence-corrected chi connectivity index (χ1v) is 8.32. The van der Waals surface area contributed by atoms with Gasteiger partial charge in [-0.2, -0.15) is 0 Å². The highest BCUT2D eigenvalue weighted by atomic mass is 16.5. The third kappa shape index (κ3) is 4.69. The smallest absolute Gasteiger partial charge is 0.338 e. The number of ether oxygens (including phenoxy) is 2. The zero-order valence-corrected chi connectivity index (χ0v) is 15.0. The molecule has 0 aliphatic heterocycles. The van der Waals surface area contributed by atoms with Gasteiger partial charge in [0.15, 0.2) is 0 Å². The van der Waals surface area contributed by atoms with Crippen LogP contribution in [0, 0.1) is 6.92 Å². The molecule has 2 aromatic carbocycles. The average Bonchev–Trinajstić information content (AvgIpc) is 2.62. The van der Waals surface area contributed by atoms with Crippen molar-refractivity contribution in [3.05, 3.63) is 64.7 Å². The molecule has 0 saturated carbocycles. The Morgan fingerprint density at radius 2 is 1.42 bits per heavy atom. The summed E-state index contributed by atoms with van der Waals surface area (Å²) in [6, 6.07) is 11.5. The van der Waals surface area contributed by atoms with Gasteiger partial charge in [-0.05, 0) is 50.6 Å². The first-order chi connectivity index (χ1) is 12.5. The van der Waals surface area contributed by atoms with Crippen molar-refractivity contribution in [3.8, 4) is 0 Å². The second-order valence-electron chi connectivity index (χ2n) is 5.51. The molecule has 2 aromatic rings. The standard InChI is InChI=1S/C20H21NO5/c1-4-25-19(23)14-10-15(20(24)26-5-2)12-16(11-14)21-18(22)17-9-7-6-8-13(17)3/h6-12H,4-5H2,1-3H3,(H,21,22). The molecule has 0 unspecified atom stereocenters. The highest BCUT2D eigenvalue weighted by molar-refractivity contribution is 6.06. The van der Waals surface area contributed by atoms with E-state index in [0.29, 0.717) is 11.3 Å². The van der Waals surface area contributed by atoms with E-state index in [9.17, 15) is 14.4 Å². The second kappa shape index (κ2) is 8.80. The number of hydrogen-bond donors (Lipinski definition) is 1. The molecule has 0 spiro atoms. The Morgan fingerprint density at radius 1 is 0.885 bits per heavy atom. The maximum atomic E-state index is 12.5. The second-order valence-corrected chi connectivity index (χ2v) is 5.51. The summed E-state index contributed by atoms with van der Waals surface area (Å²) in [5.41, 5.74) is 1.96. The van der Waals surface area contributed by atoms with Crippen molar-refractivity contribution in [1.82, 2.24) is 0 Å². The topological polar surface area (TPSA) is 81.7 Å². The molecular formula is C20H21NO5. The lowest BCUT2D eigenvalue weighted by molar-refractivity contribution is 0.0525. The van der Waals surface area contributed by atoms with E-state index in [1.54, 1.807) is 26.0 Å². The van der Waals surface area contributed by atoms with E-state index in [2.05, 4.69) is 5.32 Å². The van der Waals surface area contributed by atoms with Gasteiger partial charge in [-0.25, -0.2) is 9.59 Å². The van der Waals surface area contributed by atoms with Crippen LogP contribution in [0.25, 0.3) is 0 Å². The number of benzene rings is 2. The van der Waals surface area contributed by atoms with Crippen LogP contribution in [0.1, 0.15) is 50.5 Å². The maximum absolute atomic E-state index is 12.5. The minimum atomic E-state index is -0.579. The number of hydrogen-bond acceptors (Lipinski definition) is 5. The first-order valence-electron chi connectivity index (χ1n) is 8.32. The summed E-state index contributed by atoms with van der Waals surface area (Å²) >= 11 is 0. The number of anilines is 1. The zero-order chi connectivity index (χ0) is 19.1. The van der Waals surface area contributed by atoms with Crippen molar-refractivity contribution < 1.29 is 23.9 Å². The lowest BCUT2D eigenvalue weighted by Crippen LogP contribution is -2.15. The molecule has 0 radical (unpaired) electrons. The lowest BCUT2D eigenvalue weighted by Gasteiger charge is -2.11. The Kier molecular flexibility index (Phi) is 6.49. The number of nitrogens with one attached hydrogen (secondary N) is 1. The molecule has 2 rings (SSSR count). The van der Waals surface area contributed by atoms with Crippen LogP contribution in [0.2, 0.25) is 0 Å². The third-order valence-corrected chi connectivity index (χ3v) is 3.60. The molecule has 1 amide bonds. The van der Waals surface area contributed by atoms with Gasteiger partial charge in [0.25, 0.3) is 5.91 Å². The van der Waals surface area contributed by atoms with E-state index in [4.69, 9.17) is 9.47 Å². The first kappa shape index (κ1) is 19.2. The van der Waals surface area contributed by atoms with Gasteiger partial charge in [0, 0.05) is 11.3 Å². The molecular weight excluding hydrogens is 334 g/mol. The number of aryl methyl sites for hydroxylation is 1. The van der Waals surface area contributed by atoms with Gasteiger partial charge in [0.05, 0.1) is 24.3 Å². The summed E-state index contributed by atoms with van der Waals surface area (Å²) in [5.74, 6) is -1.49. The summed E-state index contributed by atoms with van der Waals surface area (Å²) in [6.07, 6.45) is 0. The minimum absolute atomic E-state index is 0.164. The molecule has 0 fully saturated rings. The Labute approximate surface area is 152 Å². The summed E-state index contributed by atoms with van der Waals surface area (Å²) < 4.78 is 9.97.